The van der Waals surface area contributed by atoms with Gasteiger partial charge < -0.3 is 21.7 Å². The van der Waals surface area contributed by atoms with Gasteiger partial charge in [0.15, 0.2) is 5.69 Å². The van der Waals surface area contributed by atoms with E-state index in [1.165, 1.54) is 0 Å². The van der Waals surface area contributed by atoms with E-state index in [2.05, 4.69) is 20.2 Å². The Bertz CT molecular complexity index is 975. The smallest absolute Gasteiger partial charge is 0.276 e. The predicted octanol–water partition coefficient (Wildman–Crippen LogP) is 2.97. The van der Waals surface area contributed by atoms with Gasteiger partial charge in [0.1, 0.15) is 0 Å². The fraction of sp³-hybridized carbons (Fsp3) is 0.250. The molecule has 0 saturated carbocycles. The Labute approximate surface area is 167 Å². The predicted molar refractivity (Wildman–Crippen MR) is 114 cm³/mol. The number of carbonyl (C=O) groups is 1. The largest absolute Gasteiger partial charge is 0.397 e. The number of nitrogen functional groups attached to an aromatic ring is 1. The summed E-state index contributed by atoms with van der Waals surface area (Å²) in [6.45, 7) is 1.65. The summed E-state index contributed by atoms with van der Waals surface area (Å²) in [4.78, 5) is 24.8. The molecule has 1 aliphatic rings. The number of amides is 1. The van der Waals surface area contributed by atoms with E-state index in [0.29, 0.717) is 11.4 Å². The third-order valence-corrected chi connectivity index (χ3v) is 5.65. The molecule has 0 spiro atoms. The van der Waals surface area contributed by atoms with Crippen LogP contribution in [0.5, 0.6) is 0 Å². The number of thiophene rings is 1. The number of aromatic nitrogens is 2. The Hall–Kier alpha value is -2.97. The fourth-order valence-electron chi connectivity index (χ4n) is 3.38. The van der Waals surface area contributed by atoms with E-state index < -0.39 is 0 Å². The second-order valence-electron chi connectivity index (χ2n) is 6.81. The molecule has 1 atom stereocenters. The lowest BCUT2D eigenvalue weighted by Gasteiger charge is -2.33. The van der Waals surface area contributed by atoms with Gasteiger partial charge in [-0.2, -0.15) is 0 Å². The summed E-state index contributed by atoms with van der Waals surface area (Å²) in [6, 6.07) is 9.47. The molecule has 28 heavy (non-hydrogen) atoms. The van der Waals surface area contributed by atoms with Crippen molar-refractivity contribution in [2.75, 3.05) is 29.0 Å². The molecule has 0 unspecified atom stereocenters. The minimum absolute atomic E-state index is 0.130. The van der Waals surface area contributed by atoms with Gasteiger partial charge in [-0.25, -0.2) is 4.98 Å². The molecule has 1 aliphatic heterocycles. The average Bonchev–Trinajstić information content (AvgIpc) is 3.23. The second kappa shape index (κ2) is 7.95. The number of carbonyl (C=O) groups excluding carboxylic acids is 1. The zero-order valence-electron chi connectivity index (χ0n) is 15.3. The molecule has 4 heterocycles. The molecule has 0 radical (unpaired) electrons. The van der Waals surface area contributed by atoms with Gasteiger partial charge in [0.25, 0.3) is 5.91 Å². The van der Waals surface area contributed by atoms with E-state index in [4.69, 9.17) is 11.5 Å². The van der Waals surface area contributed by atoms with Gasteiger partial charge in [0, 0.05) is 25.3 Å². The monoisotopic (exact) mass is 394 g/mol. The Morgan fingerprint density at radius 3 is 2.96 bits per heavy atom. The van der Waals surface area contributed by atoms with Crippen LogP contribution >= 0.6 is 11.3 Å². The third kappa shape index (κ3) is 3.83. The van der Waals surface area contributed by atoms with Crippen LogP contribution in [0.4, 0.5) is 17.1 Å². The number of pyridine rings is 2. The minimum atomic E-state index is -0.355. The minimum Gasteiger partial charge on any atom is -0.397 e. The van der Waals surface area contributed by atoms with Crippen molar-refractivity contribution in [3.8, 4) is 10.6 Å². The number of nitrogens with zero attached hydrogens (tertiary/aromatic N) is 3. The molecule has 1 fully saturated rings. The highest BCUT2D eigenvalue weighted by molar-refractivity contribution is 7.13. The molecule has 3 aromatic rings. The zero-order valence-corrected chi connectivity index (χ0v) is 16.2. The maximum absolute atomic E-state index is 12.9. The van der Waals surface area contributed by atoms with Crippen LogP contribution in [0.15, 0.2) is 48.1 Å². The van der Waals surface area contributed by atoms with Gasteiger partial charge in [-0.1, -0.05) is 6.07 Å². The first-order valence-electron chi connectivity index (χ1n) is 9.18. The molecular formula is C20H22N6OS. The van der Waals surface area contributed by atoms with Crippen LogP contribution < -0.4 is 21.7 Å². The van der Waals surface area contributed by atoms with Crippen molar-refractivity contribution in [3.63, 3.8) is 0 Å². The standard InChI is InChI=1S/C20H22N6OS/c21-13-3-1-9-26(12-13)17-7-8-23-11-16(17)25-20(27)19-14(22)5-6-15(24-19)18-4-2-10-28-18/h2,4-8,10-11,13H,1,3,9,12,21-22H2,(H,25,27)/t13-/m0/s1. The van der Waals surface area contributed by atoms with Crippen molar-refractivity contribution in [1.29, 1.82) is 0 Å². The first kappa shape index (κ1) is 18.4. The first-order valence-corrected chi connectivity index (χ1v) is 10.1. The summed E-state index contributed by atoms with van der Waals surface area (Å²) in [5, 5.41) is 4.90. The lowest BCUT2D eigenvalue weighted by molar-refractivity contribution is 0.102. The van der Waals surface area contributed by atoms with Crippen LogP contribution in [-0.4, -0.2) is 35.0 Å². The molecule has 1 saturated heterocycles. The number of nitrogens with one attached hydrogen (secondary N) is 1. The third-order valence-electron chi connectivity index (χ3n) is 4.76. The fourth-order valence-corrected chi connectivity index (χ4v) is 4.08. The summed E-state index contributed by atoms with van der Waals surface area (Å²) < 4.78 is 0. The summed E-state index contributed by atoms with van der Waals surface area (Å²) >= 11 is 1.56. The van der Waals surface area contributed by atoms with Crippen LogP contribution in [0.25, 0.3) is 10.6 Å². The molecule has 7 nitrogen and oxygen atoms in total. The molecular weight excluding hydrogens is 372 g/mol. The Morgan fingerprint density at radius 2 is 2.18 bits per heavy atom. The van der Waals surface area contributed by atoms with Gasteiger partial charge in [0.05, 0.1) is 33.8 Å². The highest BCUT2D eigenvalue weighted by Crippen LogP contribution is 2.29. The highest BCUT2D eigenvalue weighted by atomic mass is 32.1. The van der Waals surface area contributed by atoms with E-state index in [1.807, 2.05) is 29.6 Å². The van der Waals surface area contributed by atoms with Crippen molar-refractivity contribution in [3.05, 3.63) is 53.8 Å². The number of piperidine rings is 1. The molecule has 3 aromatic heterocycles. The van der Waals surface area contributed by atoms with Gasteiger partial charge in [-0.3, -0.25) is 9.78 Å². The maximum Gasteiger partial charge on any atom is 0.276 e. The molecule has 0 bridgehead atoms. The van der Waals surface area contributed by atoms with Crippen molar-refractivity contribution in [2.45, 2.75) is 18.9 Å². The molecule has 5 N–H and O–H groups in total. The molecule has 4 rings (SSSR count). The zero-order chi connectivity index (χ0) is 19.5. The van der Waals surface area contributed by atoms with E-state index in [9.17, 15) is 4.79 Å². The maximum atomic E-state index is 12.9. The number of hydrogen-bond donors (Lipinski definition) is 3. The van der Waals surface area contributed by atoms with Gasteiger partial charge in [-0.15, -0.1) is 11.3 Å². The van der Waals surface area contributed by atoms with Crippen molar-refractivity contribution >= 4 is 34.3 Å². The topological polar surface area (TPSA) is 110 Å². The van der Waals surface area contributed by atoms with Gasteiger partial charge >= 0.3 is 0 Å². The summed E-state index contributed by atoms with van der Waals surface area (Å²) in [6.07, 6.45) is 5.40. The quantitative estimate of drug-likeness (QED) is 0.627. The molecule has 0 aliphatic carbocycles. The SMILES string of the molecule is Nc1ccc(-c2cccs2)nc1C(=O)Nc1cnccc1N1CCC[C@H](N)C1. The van der Waals surface area contributed by atoms with Crippen LogP contribution in [-0.2, 0) is 0 Å². The van der Waals surface area contributed by atoms with E-state index in [-0.39, 0.29) is 17.6 Å². The highest BCUT2D eigenvalue weighted by Gasteiger charge is 2.21. The molecule has 8 heteroatoms. The summed E-state index contributed by atoms with van der Waals surface area (Å²) in [7, 11) is 0. The number of anilines is 3. The van der Waals surface area contributed by atoms with Crippen LogP contribution in [0, 0.1) is 0 Å². The van der Waals surface area contributed by atoms with E-state index in [1.54, 1.807) is 29.8 Å². The van der Waals surface area contributed by atoms with Crippen molar-refractivity contribution in [2.24, 2.45) is 5.73 Å². The average molecular weight is 395 g/mol. The Morgan fingerprint density at radius 1 is 1.29 bits per heavy atom. The number of rotatable bonds is 4. The van der Waals surface area contributed by atoms with Crippen LogP contribution in [0.2, 0.25) is 0 Å². The van der Waals surface area contributed by atoms with Crippen molar-refractivity contribution in [1.82, 2.24) is 9.97 Å². The molecule has 0 aromatic carbocycles. The Kier molecular flexibility index (Phi) is 5.23. The van der Waals surface area contributed by atoms with Gasteiger partial charge in [-0.05, 0) is 42.5 Å². The van der Waals surface area contributed by atoms with Crippen molar-refractivity contribution < 1.29 is 4.79 Å². The Balaban J connectivity index is 1.60. The normalized spacial score (nSPS) is 16.8. The van der Waals surface area contributed by atoms with E-state index >= 15 is 0 Å². The van der Waals surface area contributed by atoms with Crippen LogP contribution in [0.1, 0.15) is 23.3 Å². The van der Waals surface area contributed by atoms with Crippen LogP contribution in [0.3, 0.4) is 0 Å². The second-order valence-corrected chi connectivity index (χ2v) is 7.75. The summed E-state index contributed by atoms with van der Waals surface area (Å²) in [5.41, 5.74) is 15.0. The molecule has 144 valence electrons. The number of nitrogens with two attached hydrogens (primary N) is 2. The lowest BCUT2D eigenvalue weighted by Crippen LogP contribution is -2.43. The molecule has 1 amide bonds. The lowest BCUT2D eigenvalue weighted by atomic mass is 10.1. The summed E-state index contributed by atoms with van der Waals surface area (Å²) in [5.74, 6) is -0.355. The first-order chi connectivity index (χ1) is 13.6. The van der Waals surface area contributed by atoms with Gasteiger partial charge in [0.2, 0.25) is 0 Å². The number of hydrogen-bond acceptors (Lipinski definition) is 7. The van der Waals surface area contributed by atoms with E-state index in [0.717, 1.165) is 42.2 Å².